The molecule has 0 amide bonds. The van der Waals surface area contributed by atoms with Gasteiger partial charge in [-0.3, -0.25) is 9.36 Å². The highest BCUT2D eigenvalue weighted by Crippen LogP contribution is 2.48. The number of carbonyl (C=O) groups is 1. The van der Waals surface area contributed by atoms with E-state index in [4.69, 9.17) is 5.11 Å². The summed E-state index contributed by atoms with van der Waals surface area (Å²) in [5.74, 6) is -1.22. The van der Waals surface area contributed by atoms with Crippen LogP contribution in [-0.4, -0.2) is 63.0 Å². The van der Waals surface area contributed by atoms with Gasteiger partial charge in [-0.05, 0) is 82.9 Å². The molecule has 2 aromatic carbocycles. The molecule has 2 heterocycles. The molecule has 2 aliphatic heterocycles. The van der Waals surface area contributed by atoms with Gasteiger partial charge in [0.1, 0.15) is 6.54 Å². The lowest BCUT2D eigenvalue weighted by Gasteiger charge is -2.25. The molecule has 0 aromatic heterocycles. The molecule has 4 rings (SSSR count). The Bertz CT molecular complexity index is 1780. The number of aliphatic carboxylic acids is 1. The van der Waals surface area contributed by atoms with Crippen LogP contribution in [0, 0.1) is 0 Å². The molecule has 3 N–H and O–H groups in total. The number of anilines is 1. The maximum absolute atomic E-state index is 12.1. The number of nitrogens with zero attached hydrogens (tertiary/aromatic N) is 2. The highest BCUT2D eigenvalue weighted by atomic mass is 32.2. The van der Waals surface area contributed by atoms with E-state index in [9.17, 15) is 32.1 Å². The van der Waals surface area contributed by atoms with Gasteiger partial charge in [0.15, 0.2) is 5.71 Å². The van der Waals surface area contributed by atoms with Crippen LogP contribution in [0.15, 0.2) is 72.1 Å². The second kappa shape index (κ2) is 13.8. The second-order valence-electron chi connectivity index (χ2n) is 12.9. The lowest BCUT2D eigenvalue weighted by atomic mass is 9.81. The SMILES string of the molecule is CC1(C)C(=C=C/C=C/C2=[N+](CCCCS(=O)(=O)[O-])c3ccccc3C2(C)C)N(CCCCCC(=O)O)c2ccc(P(=O)(O)O)cc21. The predicted octanol–water partition coefficient (Wildman–Crippen LogP) is 5.23. The van der Waals surface area contributed by atoms with Crippen molar-refractivity contribution in [3.8, 4) is 0 Å². The summed E-state index contributed by atoms with van der Waals surface area (Å²) in [5, 5.41) is 8.96. The van der Waals surface area contributed by atoms with Gasteiger partial charge in [0, 0.05) is 53.9 Å². The summed E-state index contributed by atoms with van der Waals surface area (Å²) in [6.07, 6.45) is 8.71. The van der Waals surface area contributed by atoms with Gasteiger partial charge >= 0.3 is 13.6 Å². The topological polar surface area (TPSA) is 158 Å². The Morgan fingerprint density at radius 3 is 2.39 bits per heavy atom. The minimum absolute atomic E-state index is 0.0433. The number of hydrogen-bond donors (Lipinski definition) is 3. The summed E-state index contributed by atoms with van der Waals surface area (Å²) >= 11 is 0. The third kappa shape index (κ3) is 7.97. The molecule has 0 spiro atoms. The van der Waals surface area contributed by atoms with Crippen LogP contribution in [0.25, 0.3) is 0 Å². The van der Waals surface area contributed by atoms with Gasteiger partial charge in [-0.1, -0.05) is 30.4 Å². The average Bonchev–Trinajstić information content (AvgIpc) is 3.30. The van der Waals surface area contributed by atoms with Crippen LogP contribution in [0.4, 0.5) is 11.4 Å². The molecule has 248 valence electrons. The van der Waals surface area contributed by atoms with E-state index >= 15 is 0 Å². The van der Waals surface area contributed by atoms with Crippen molar-refractivity contribution in [2.45, 2.75) is 77.0 Å². The van der Waals surface area contributed by atoms with Crippen LogP contribution in [0.1, 0.15) is 77.3 Å². The van der Waals surface area contributed by atoms with Crippen LogP contribution in [-0.2, 0) is 30.3 Å². The fraction of sp³-hybridized carbons (Fsp3) is 0.441. The van der Waals surface area contributed by atoms with Crippen molar-refractivity contribution in [1.29, 1.82) is 0 Å². The summed E-state index contributed by atoms with van der Waals surface area (Å²) in [5.41, 5.74) is 8.18. The zero-order valence-corrected chi connectivity index (χ0v) is 28.5. The Kier molecular flexibility index (Phi) is 10.7. The summed E-state index contributed by atoms with van der Waals surface area (Å²) in [7, 11) is -8.73. The van der Waals surface area contributed by atoms with Crippen molar-refractivity contribution < 1.29 is 41.8 Å². The molecule has 0 saturated carbocycles. The van der Waals surface area contributed by atoms with Gasteiger partial charge in [0.2, 0.25) is 5.69 Å². The Morgan fingerprint density at radius 1 is 1.00 bits per heavy atom. The molecule has 0 aliphatic carbocycles. The number of para-hydroxylation sites is 1. The zero-order valence-electron chi connectivity index (χ0n) is 26.8. The van der Waals surface area contributed by atoms with Crippen molar-refractivity contribution in [3.05, 3.63) is 83.2 Å². The predicted molar refractivity (Wildman–Crippen MR) is 178 cm³/mol. The van der Waals surface area contributed by atoms with Crippen molar-refractivity contribution in [2.75, 3.05) is 23.7 Å². The maximum atomic E-state index is 12.1. The lowest BCUT2D eigenvalue weighted by molar-refractivity contribution is -0.438. The molecule has 10 nitrogen and oxygen atoms in total. The Labute approximate surface area is 271 Å². The van der Waals surface area contributed by atoms with Crippen LogP contribution in [0.3, 0.4) is 0 Å². The number of unbranched alkanes of at least 4 members (excludes halogenated alkanes) is 3. The Hall–Kier alpha value is -3.30. The standard InChI is InChI=1S/C34H43N2O8PS/c1-33(2)26-14-7-8-15-28(26)35(22-12-13-23-46(42,43)44)30(33)16-9-10-17-31-34(3,4)27-24-25(45(39,40)41)19-20-29(27)36(31)21-11-5-6-18-32(37)38/h7-10,14-16,19-20,24H,5-6,11-13,18,21-23H2,1-4H3,(H3-,37,38,39,40,41,42,43,44)/b16-9+. The quantitative estimate of drug-likeness (QED) is 0.0611. The number of rotatable bonds is 14. The minimum Gasteiger partial charge on any atom is -0.748 e. The van der Waals surface area contributed by atoms with E-state index in [1.54, 1.807) is 12.1 Å². The number of benzene rings is 2. The normalized spacial score (nSPS) is 16.9. The van der Waals surface area contributed by atoms with Gasteiger partial charge < -0.3 is 24.3 Å². The summed E-state index contributed by atoms with van der Waals surface area (Å²) < 4.78 is 47.6. The van der Waals surface area contributed by atoms with E-state index in [1.807, 2.05) is 50.3 Å². The molecular weight excluding hydrogens is 627 g/mol. The molecule has 0 saturated heterocycles. The van der Waals surface area contributed by atoms with Crippen LogP contribution in [0.5, 0.6) is 0 Å². The molecule has 2 aromatic rings. The highest BCUT2D eigenvalue weighted by molar-refractivity contribution is 7.85. The van der Waals surface area contributed by atoms with Gasteiger partial charge in [0.05, 0.1) is 26.5 Å². The zero-order chi connectivity index (χ0) is 33.9. The van der Waals surface area contributed by atoms with Crippen molar-refractivity contribution >= 4 is 46.1 Å². The van der Waals surface area contributed by atoms with E-state index in [1.165, 1.54) is 6.07 Å². The molecule has 0 fully saturated rings. The van der Waals surface area contributed by atoms with Crippen molar-refractivity contribution in [3.63, 3.8) is 0 Å². The summed E-state index contributed by atoms with van der Waals surface area (Å²) in [4.78, 5) is 32.7. The largest absolute Gasteiger partial charge is 0.748 e. The van der Waals surface area contributed by atoms with Gasteiger partial charge in [-0.25, -0.2) is 8.42 Å². The molecule has 0 radical (unpaired) electrons. The smallest absolute Gasteiger partial charge is 0.356 e. The molecule has 2 aliphatic rings. The third-order valence-corrected chi connectivity index (χ3v) is 10.6. The Balaban J connectivity index is 1.69. The van der Waals surface area contributed by atoms with Crippen LogP contribution < -0.4 is 10.2 Å². The number of allylic oxidation sites excluding steroid dienone is 3. The summed E-state index contributed by atoms with van der Waals surface area (Å²) in [6.45, 7) is 9.41. The molecule has 0 bridgehead atoms. The number of fused-ring (bicyclic) bond motifs is 2. The monoisotopic (exact) mass is 670 g/mol. The Morgan fingerprint density at radius 2 is 1.72 bits per heavy atom. The highest BCUT2D eigenvalue weighted by Gasteiger charge is 2.44. The minimum atomic E-state index is -4.46. The second-order valence-corrected chi connectivity index (χ2v) is 16.0. The molecule has 0 atom stereocenters. The van der Waals surface area contributed by atoms with Gasteiger partial charge in [0.25, 0.3) is 0 Å². The number of hydrogen-bond acceptors (Lipinski definition) is 6. The molecular formula is C34H43N2O8PS. The van der Waals surface area contributed by atoms with E-state index in [2.05, 4.69) is 35.1 Å². The van der Waals surface area contributed by atoms with Gasteiger partial charge in [-0.2, -0.15) is 4.58 Å². The molecule has 12 heteroatoms. The first kappa shape index (κ1) is 35.6. The van der Waals surface area contributed by atoms with Crippen molar-refractivity contribution in [1.82, 2.24) is 0 Å². The van der Waals surface area contributed by atoms with Gasteiger partial charge in [-0.15, -0.1) is 0 Å². The molecule has 46 heavy (non-hydrogen) atoms. The first-order chi connectivity index (χ1) is 21.4. The van der Waals surface area contributed by atoms with Crippen LogP contribution >= 0.6 is 7.60 Å². The van der Waals surface area contributed by atoms with E-state index < -0.39 is 34.9 Å². The summed E-state index contributed by atoms with van der Waals surface area (Å²) in [6, 6.07) is 12.8. The first-order valence-corrected chi connectivity index (χ1v) is 18.7. The van der Waals surface area contributed by atoms with Crippen LogP contribution in [0.2, 0.25) is 0 Å². The van der Waals surface area contributed by atoms with Crippen molar-refractivity contribution in [2.24, 2.45) is 0 Å². The van der Waals surface area contributed by atoms with E-state index in [0.29, 0.717) is 25.9 Å². The number of carboxylic acids is 1. The van der Waals surface area contributed by atoms with E-state index in [0.717, 1.165) is 46.8 Å². The fourth-order valence-corrected chi connectivity index (χ4v) is 7.56. The van der Waals surface area contributed by atoms with E-state index in [-0.39, 0.29) is 23.6 Å². The number of carboxylic acid groups (broad SMARTS) is 1. The lowest BCUT2D eigenvalue weighted by Crippen LogP contribution is -2.28. The maximum Gasteiger partial charge on any atom is 0.356 e. The third-order valence-electron chi connectivity index (χ3n) is 8.81. The average molecular weight is 671 g/mol. The first-order valence-electron chi connectivity index (χ1n) is 15.5. The fourth-order valence-electron chi connectivity index (χ4n) is 6.44. The molecule has 0 unspecified atom stereocenters.